The minimum absolute atomic E-state index is 0.122. The molecule has 2 unspecified atom stereocenters. The second-order valence-electron chi connectivity index (χ2n) is 6.27. The maximum absolute atomic E-state index is 14.4. The molecule has 2 atom stereocenters. The lowest BCUT2D eigenvalue weighted by Crippen LogP contribution is -2.40. The Bertz CT molecular complexity index is 915. The molecule has 1 fully saturated rings. The van der Waals surface area contributed by atoms with E-state index in [0.29, 0.717) is 19.4 Å². The first-order valence-electron chi connectivity index (χ1n) is 8.37. The van der Waals surface area contributed by atoms with Gasteiger partial charge in [-0.25, -0.2) is 22.5 Å². The molecular weight excluding hydrogens is 377 g/mol. The zero-order chi connectivity index (χ0) is 19.6. The number of sulfonamides is 1. The van der Waals surface area contributed by atoms with E-state index in [4.69, 9.17) is 14.2 Å². The average molecular weight is 399 g/mol. The van der Waals surface area contributed by atoms with Gasteiger partial charge in [0.25, 0.3) is 0 Å². The predicted octanol–water partition coefficient (Wildman–Crippen LogP) is 1.77. The van der Waals surface area contributed by atoms with Gasteiger partial charge < -0.3 is 18.8 Å². The Balaban J connectivity index is 1.81. The number of nitrogens with zero attached hydrogens (tertiary/aromatic N) is 2. The van der Waals surface area contributed by atoms with Gasteiger partial charge in [-0.15, -0.1) is 0 Å². The van der Waals surface area contributed by atoms with Crippen LogP contribution in [0.4, 0.5) is 4.39 Å². The van der Waals surface area contributed by atoms with Crippen LogP contribution in [-0.4, -0.2) is 44.8 Å². The molecule has 0 amide bonds. The van der Waals surface area contributed by atoms with E-state index in [1.807, 2.05) is 11.6 Å². The van der Waals surface area contributed by atoms with Crippen LogP contribution in [0.2, 0.25) is 0 Å². The van der Waals surface area contributed by atoms with Gasteiger partial charge in [0.05, 0.1) is 32.4 Å². The molecular formula is C17H22FN3O5S. The number of ether oxygens (including phenoxy) is 3. The molecule has 0 aliphatic carbocycles. The molecule has 2 heterocycles. The van der Waals surface area contributed by atoms with Crippen molar-refractivity contribution in [3.63, 3.8) is 0 Å². The number of nitrogens with one attached hydrogen (secondary N) is 1. The molecule has 1 N–H and O–H groups in total. The van der Waals surface area contributed by atoms with E-state index in [2.05, 4.69) is 9.71 Å². The molecule has 2 aromatic rings. The number of aryl methyl sites for hydroxylation is 1. The number of aromatic nitrogens is 2. The number of halogens is 1. The monoisotopic (exact) mass is 399 g/mol. The first-order valence-corrected chi connectivity index (χ1v) is 9.85. The summed E-state index contributed by atoms with van der Waals surface area (Å²) in [7, 11) is 0.466. The highest BCUT2D eigenvalue weighted by atomic mass is 32.2. The number of rotatable bonds is 6. The minimum atomic E-state index is -4.09. The van der Waals surface area contributed by atoms with Crippen LogP contribution in [0.5, 0.6) is 11.5 Å². The third-order valence-electron chi connectivity index (χ3n) is 4.52. The molecule has 0 bridgehead atoms. The molecule has 1 aliphatic heterocycles. The van der Waals surface area contributed by atoms with Crippen molar-refractivity contribution < 1.29 is 27.0 Å². The minimum Gasteiger partial charge on any atom is -0.493 e. The van der Waals surface area contributed by atoms with Crippen molar-refractivity contribution in [2.24, 2.45) is 7.05 Å². The fraction of sp³-hybridized carbons (Fsp3) is 0.471. The molecule has 3 rings (SSSR count). The summed E-state index contributed by atoms with van der Waals surface area (Å²) in [5.74, 6) is -0.648. The Labute approximate surface area is 157 Å². The third-order valence-corrected chi connectivity index (χ3v) is 6.05. The quantitative estimate of drug-likeness (QED) is 0.796. The van der Waals surface area contributed by atoms with Crippen LogP contribution in [0.1, 0.15) is 24.6 Å². The van der Waals surface area contributed by atoms with Crippen molar-refractivity contribution in [2.45, 2.75) is 29.9 Å². The van der Waals surface area contributed by atoms with Gasteiger partial charge in [-0.1, -0.05) is 0 Å². The lowest BCUT2D eigenvalue weighted by Gasteiger charge is -2.30. The molecule has 1 aromatic carbocycles. The molecule has 0 saturated carbocycles. The lowest BCUT2D eigenvalue weighted by molar-refractivity contribution is -0.0000506. The van der Waals surface area contributed by atoms with Gasteiger partial charge in [0.15, 0.2) is 11.5 Å². The Kier molecular flexibility index (Phi) is 5.68. The normalized spacial score (nSPS) is 20.4. The van der Waals surface area contributed by atoms with E-state index in [-0.39, 0.29) is 17.6 Å². The number of imidazole rings is 1. The van der Waals surface area contributed by atoms with Gasteiger partial charge in [-0.3, -0.25) is 0 Å². The molecule has 1 saturated heterocycles. The predicted molar refractivity (Wildman–Crippen MR) is 94.7 cm³/mol. The Morgan fingerprint density at radius 3 is 2.63 bits per heavy atom. The van der Waals surface area contributed by atoms with Crippen LogP contribution < -0.4 is 14.2 Å². The first-order chi connectivity index (χ1) is 12.9. The summed E-state index contributed by atoms with van der Waals surface area (Å²) < 4.78 is 60.1. The van der Waals surface area contributed by atoms with Crippen LogP contribution >= 0.6 is 0 Å². The highest BCUT2D eigenvalue weighted by Crippen LogP contribution is 2.33. The Hall–Kier alpha value is -2.17. The Morgan fingerprint density at radius 1 is 1.30 bits per heavy atom. The number of hydrogen-bond acceptors (Lipinski definition) is 6. The van der Waals surface area contributed by atoms with Crippen LogP contribution in [0.15, 0.2) is 29.6 Å². The summed E-state index contributed by atoms with van der Waals surface area (Å²) in [6.07, 6.45) is 3.98. The fourth-order valence-corrected chi connectivity index (χ4v) is 4.47. The number of methoxy groups -OCH3 is 2. The van der Waals surface area contributed by atoms with Crippen LogP contribution in [-0.2, 0) is 21.8 Å². The first kappa shape index (κ1) is 19.6. The molecule has 0 radical (unpaired) electrons. The van der Waals surface area contributed by atoms with Gasteiger partial charge in [0.1, 0.15) is 16.8 Å². The summed E-state index contributed by atoms with van der Waals surface area (Å²) in [6, 6.07) is 1.72. The summed E-state index contributed by atoms with van der Waals surface area (Å²) in [6.45, 7) is 0.386. The zero-order valence-corrected chi connectivity index (χ0v) is 16.1. The summed E-state index contributed by atoms with van der Waals surface area (Å²) in [5.41, 5.74) is 0.858. The summed E-state index contributed by atoms with van der Waals surface area (Å²) in [5, 5.41) is 0. The van der Waals surface area contributed by atoms with Crippen molar-refractivity contribution in [3.8, 4) is 11.5 Å². The van der Waals surface area contributed by atoms with Gasteiger partial charge in [-0.05, 0) is 12.8 Å². The highest BCUT2D eigenvalue weighted by Gasteiger charge is 2.31. The smallest absolute Gasteiger partial charge is 0.243 e. The molecule has 0 spiro atoms. The van der Waals surface area contributed by atoms with E-state index in [1.165, 1.54) is 14.2 Å². The fourth-order valence-electron chi connectivity index (χ4n) is 3.11. The summed E-state index contributed by atoms with van der Waals surface area (Å²) in [4.78, 5) is 3.58. The van der Waals surface area contributed by atoms with Gasteiger partial charge in [0, 0.05) is 31.8 Å². The molecule has 1 aliphatic rings. The topological polar surface area (TPSA) is 91.7 Å². The van der Waals surface area contributed by atoms with Crippen molar-refractivity contribution in [1.29, 1.82) is 0 Å². The van der Waals surface area contributed by atoms with Crippen LogP contribution in [0.25, 0.3) is 0 Å². The average Bonchev–Trinajstić information content (AvgIpc) is 3.07. The molecule has 27 heavy (non-hydrogen) atoms. The highest BCUT2D eigenvalue weighted by molar-refractivity contribution is 7.89. The molecule has 8 nitrogen and oxygen atoms in total. The van der Waals surface area contributed by atoms with Crippen molar-refractivity contribution in [2.75, 3.05) is 20.8 Å². The lowest BCUT2D eigenvalue weighted by atomic mass is 10.0. The SMILES string of the molecule is COc1cc(F)c(S(=O)(=O)NC2CCOC(c3cncn3C)C2)cc1OC. The third kappa shape index (κ3) is 4.07. The maximum Gasteiger partial charge on any atom is 0.243 e. The van der Waals surface area contributed by atoms with Crippen LogP contribution in [0.3, 0.4) is 0 Å². The van der Waals surface area contributed by atoms with Crippen LogP contribution in [0, 0.1) is 5.82 Å². The second-order valence-corrected chi connectivity index (χ2v) is 7.95. The Morgan fingerprint density at radius 2 is 2.00 bits per heavy atom. The molecule has 148 valence electrons. The van der Waals surface area contributed by atoms with E-state index in [9.17, 15) is 12.8 Å². The van der Waals surface area contributed by atoms with Gasteiger partial charge >= 0.3 is 0 Å². The van der Waals surface area contributed by atoms with Crippen molar-refractivity contribution in [1.82, 2.24) is 14.3 Å². The number of benzene rings is 1. The maximum atomic E-state index is 14.4. The van der Waals surface area contributed by atoms with Crippen molar-refractivity contribution >= 4 is 10.0 Å². The van der Waals surface area contributed by atoms with Gasteiger partial charge in [0.2, 0.25) is 10.0 Å². The standard InChI is InChI=1S/C17H22FN3O5S/c1-21-10-19-9-13(21)14-6-11(4-5-26-14)20-27(22,23)17-8-16(25-3)15(24-2)7-12(17)18/h7-11,14,20H,4-6H2,1-3H3. The van der Waals surface area contributed by atoms with E-state index in [0.717, 1.165) is 17.8 Å². The van der Waals surface area contributed by atoms with E-state index >= 15 is 0 Å². The second kappa shape index (κ2) is 7.83. The molecule has 10 heteroatoms. The summed E-state index contributed by atoms with van der Waals surface area (Å²) >= 11 is 0. The van der Waals surface area contributed by atoms with E-state index < -0.39 is 26.8 Å². The van der Waals surface area contributed by atoms with Crippen molar-refractivity contribution in [3.05, 3.63) is 36.2 Å². The zero-order valence-electron chi connectivity index (χ0n) is 15.3. The van der Waals surface area contributed by atoms with E-state index in [1.54, 1.807) is 12.5 Å². The largest absolute Gasteiger partial charge is 0.493 e. The van der Waals surface area contributed by atoms with Gasteiger partial charge in [-0.2, -0.15) is 0 Å². The number of hydrogen-bond donors (Lipinski definition) is 1. The molecule has 1 aromatic heterocycles.